The zero-order valence-corrected chi connectivity index (χ0v) is 15.3. The summed E-state index contributed by atoms with van der Waals surface area (Å²) in [5.74, 6) is -0.287. The van der Waals surface area contributed by atoms with E-state index in [0.717, 1.165) is 27.6 Å². The van der Waals surface area contributed by atoms with E-state index >= 15 is 0 Å². The highest BCUT2D eigenvalue weighted by Gasteiger charge is 2.33. The zero-order valence-electron chi connectivity index (χ0n) is 15.3. The first-order valence-corrected chi connectivity index (χ1v) is 9.16. The summed E-state index contributed by atoms with van der Waals surface area (Å²) < 4.78 is 17.1. The molecule has 0 fully saturated rings. The largest absolute Gasteiger partial charge is 0.449 e. The van der Waals surface area contributed by atoms with Gasteiger partial charge in [-0.1, -0.05) is 66.7 Å². The molecule has 0 unspecified atom stereocenters. The van der Waals surface area contributed by atoms with Crippen molar-refractivity contribution in [3.63, 3.8) is 0 Å². The molecule has 4 heteroatoms. The van der Waals surface area contributed by atoms with Gasteiger partial charge in [-0.2, -0.15) is 0 Å². The van der Waals surface area contributed by atoms with Crippen molar-refractivity contribution in [1.29, 1.82) is 0 Å². The summed E-state index contributed by atoms with van der Waals surface area (Å²) in [6.07, 6.45) is -0.455. The lowest BCUT2D eigenvalue weighted by Crippen LogP contribution is -2.12. The van der Waals surface area contributed by atoms with E-state index in [9.17, 15) is 4.79 Å². The highest BCUT2D eigenvalue weighted by atomic mass is 16.6. The fraction of sp³-hybridized carbons (Fsp3) is 0.125. The Labute approximate surface area is 162 Å². The summed E-state index contributed by atoms with van der Waals surface area (Å²) in [5.41, 5.74) is 5.52. The second kappa shape index (κ2) is 6.66. The normalized spacial score (nSPS) is 12.8. The predicted molar refractivity (Wildman–Crippen MR) is 106 cm³/mol. The van der Waals surface area contributed by atoms with Crippen LogP contribution in [0.1, 0.15) is 33.3 Å². The maximum Gasteiger partial charge on any atom is 0.375 e. The number of fused-ring (bicyclic) bond motifs is 4. The number of rotatable bonds is 4. The number of para-hydroxylation sites is 1. The summed E-state index contributed by atoms with van der Waals surface area (Å²) in [4.78, 5) is 13.1. The van der Waals surface area contributed by atoms with Crippen molar-refractivity contribution in [1.82, 2.24) is 0 Å². The molecular weight excluding hydrogens is 352 g/mol. The SMILES string of the molecule is COCc1c(C(=O)OC2c3ccccc3-c3ccccc32)oc2ccccc12. The van der Waals surface area contributed by atoms with Gasteiger partial charge >= 0.3 is 5.97 Å². The second-order valence-electron chi connectivity index (χ2n) is 6.80. The summed E-state index contributed by atoms with van der Waals surface area (Å²) in [7, 11) is 1.60. The van der Waals surface area contributed by atoms with Crippen molar-refractivity contribution < 1.29 is 18.7 Å². The topological polar surface area (TPSA) is 48.7 Å². The molecule has 4 nitrogen and oxygen atoms in total. The van der Waals surface area contributed by atoms with Gasteiger partial charge in [0.25, 0.3) is 0 Å². The van der Waals surface area contributed by atoms with Crippen LogP contribution in [0.2, 0.25) is 0 Å². The van der Waals surface area contributed by atoms with Crippen LogP contribution in [0.25, 0.3) is 22.1 Å². The second-order valence-corrected chi connectivity index (χ2v) is 6.80. The fourth-order valence-corrected chi connectivity index (χ4v) is 3.95. The standard InChI is InChI=1S/C24H18O4/c1-26-14-20-17-10-6-7-13-21(17)27-23(20)24(25)28-22-18-11-4-2-8-15(18)16-9-3-5-12-19(16)22/h2-13,22H,14H2,1H3. The Bertz CT molecular complexity index is 1140. The smallest absolute Gasteiger partial charge is 0.375 e. The van der Waals surface area contributed by atoms with Crippen LogP contribution in [-0.4, -0.2) is 13.1 Å². The van der Waals surface area contributed by atoms with Crippen LogP contribution in [0.5, 0.6) is 0 Å². The number of esters is 1. The van der Waals surface area contributed by atoms with Gasteiger partial charge in [-0.3, -0.25) is 0 Å². The van der Waals surface area contributed by atoms with Gasteiger partial charge in [0, 0.05) is 29.2 Å². The minimum Gasteiger partial charge on any atom is -0.449 e. The van der Waals surface area contributed by atoms with Crippen LogP contribution in [0, 0.1) is 0 Å². The number of ether oxygens (including phenoxy) is 2. The Balaban J connectivity index is 1.56. The van der Waals surface area contributed by atoms with Crippen LogP contribution in [0.15, 0.2) is 77.2 Å². The molecule has 0 saturated heterocycles. The van der Waals surface area contributed by atoms with Crippen LogP contribution in [0.3, 0.4) is 0 Å². The van der Waals surface area contributed by atoms with Gasteiger partial charge in [0.2, 0.25) is 5.76 Å². The molecule has 28 heavy (non-hydrogen) atoms. The van der Waals surface area contributed by atoms with Gasteiger partial charge in [-0.05, 0) is 17.2 Å². The van der Waals surface area contributed by atoms with Gasteiger partial charge in [-0.15, -0.1) is 0 Å². The van der Waals surface area contributed by atoms with Crippen LogP contribution >= 0.6 is 0 Å². The molecule has 0 saturated carbocycles. The van der Waals surface area contributed by atoms with Gasteiger partial charge in [-0.25, -0.2) is 4.79 Å². The molecule has 0 atom stereocenters. The van der Waals surface area contributed by atoms with Crippen LogP contribution in [-0.2, 0) is 16.1 Å². The van der Waals surface area contributed by atoms with Crippen LogP contribution in [0.4, 0.5) is 0 Å². The van der Waals surface area contributed by atoms with Crippen molar-refractivity contribution in [2.75, 3.05) is 7.11 Å². The van der Waals surface area contributed by atoms with E-state index in [-0.39, 0.29) is 12.4 Å². The molecule has 138 valence electrons. The van der Waals surface area contributed by atoms with E-state index in [0.29, 0.717) is 11.1 Å². The molecule has 1 aliphatic rings. The van der Waals surface area contributed by atoms with E-state index in [4.69, 9.17) is 13.9 Å². The first kappa shape index (κ1) is 16.8. The van der Waals surface area contributed by atoms with Crippen molar-refractivity contribution in [3.05, 3.63) is 95.2 Å². The first-order valence-electron chi connectivity index (χ1n) is 9.16. The van der Waals surface area contributed by atoms with Crippen molar-refractivity contribution in [2.24, 2.45) is 0 Å². The number of carbonyl (C=O) groups is 1. The Morgan fingerprint density at radius 3 is 2.18 bits per heavy atom. The van der Waals surface area contributed by atoms with Gasteiger partial charge < -0.3 is 13.9 Å². The summed E-state index contributed by atoms with van der Waals surface area (Å²) >= 11 is 0. The van der Waals surface area contributed by atoms with Gasteiger partial charge in [0.05, 0.1) is 6.61 Å². The summed E-state index contributed by atoms with van der Waals surface area (Å²) in [6, 6.07) is 23.6. The fourth-order valence-electron chi connectivity index (χ4n) is 3.95. The molecule has 4 aromatic rings. The van der Waals surface area contributed by atoms with E-state index in [1.54, 1.807) is 7.11 Å². The van der Waals surface area contributed by atoms with Crippen LogP contribution < -0.4 is 0 Å². The van der Waals surface area contributed by atoms with E-state index < -0.39 is 12.1 Å². The third-order valence-corrected chi connectivity index (χ3v) is 5.17. The highest BCUT2D eigenvalue weighted by Crippen LogP contribution is 2.45. The first-order chi connectivity index (χ1) is 13.8. The molecule has 0 bridgehead atoms. The lowest BCUT2D eigenvalue weighted by molar-refractivity contribution is 0.0346. The Morgan fingerprint density at radius 1 is 0.893 bits per heavy atom. The maximum atomic E-state index is 13.1. The number of benzene rings is 3. The Kier molecular flexibility index (Phi) is 3.99. The van der Waals surface area contributed by atoms with Crippen molar-refractivity contribution in [2.45, 2.75) is 12.7 Å². The molecule has 1 aliphatic carbocycles. The Hall–Kier alpha value is -3.37. The van der Waals surface area contributed by atoms with E-state index in [2.05, 4.69) is 12.1 Å². The monoisotopic (exact) mass is 370 g/mol. The molecule has 3 aromatic carbocycles. The molecule has 1 aromatic heterocycles. The zero-order chi connectivity index (χ0) is 19.1. The summed E-state index contributed by atoms with van der Waals surface area (Å²) in [5, 5.41) is 0.864. The lowest BCUT2D eigenvalue weighted by atomic mass is 10.1. The minimum atomic E-state index is -0.486. The van der Waals surface area contributed by atoms with Gasteiger partial charge in [0.1, 0.15) is 5.58 Å². The number of hydrogen-bond donors (Lipinski definition) is 0. The predicted octanol–water partition coefficient (Wildman–Crippen LogP) is 5.51. The minimum absolute atomic E-state index is 0.199. The Morgan fingerprint density at radius 2 is 1.50 bits per heavy atom. The highest BCUT2D eigenvalue weighted by molar-refractivity contribution is 5.96. The lowest BCUT2D eigenvalue weighted by Gasteiger charge is -2.14. The molecule has 0 radical (unpaired) electrons. The average Bonchev–Trinajstić information content (AvgIpc) is 3.26. The van der Waals surface area contributed by atoms with Crippen molar-refractivity contribution in [3.8, 4) is 11.1 Å². The molecule has 0 aliphatic heterocycles. The third kappa shape index (κ3) is 2.53. The van der Waals surface area contributed by atoms with Crippen molar-refractivity contribution >= 4 is 16.9 Å². The quantitative estimate of drug-likeness (QED) is 0.445. The molecular formula is C24H18O4. The molecule has 0 spiro atoms. The molecule has 5 rings (SSSR count). The summed E-state index contributed by atoms with van der Waals surface area (Å²) in [6.45, 7) is 0.277. The molecule has 0 amide bonds. The van der Waals surface area contributed by atoms with E-state index in [1.807, 2.05) is 60.7 Å². The number of hydrogen-bond acceptors (Lipinski definition) is 4. The average molecular weight is 370 g/mol. The molecule has 1 heterocycles. The molecule has 0 N–H and O–H groups in total. The number of methoxy groups -OCH3 is 1. The van der Waals surface area contributed by atoms with E-state index in [1.165, 1.54) is 0 Å². The number of carbonyl (C=O) groups excluding carboxylic acids is 1. The maximum absolute atomic E-state index is 13.1. The van der Waals surface area contributed by atoms with Gasteiger partial charge in [0.15, 0.2) is 6.10 Å². The third-order valence-electron chi connectivity index (χ3n) is 5.17. The number of furan rings is 1.